The number of nitro benzene ring substituents is 1. The number of alkyl halides is 3. The summed E-state index contributed by atoms with van der Waals surface area (Å²) >= 11 is 0. The summed E-state index contributed by atoms with van der Waals surface area (Å²) in [5.41, 5.74) is -2.84. The first-order valence-electron chi connectivity index (χ1n) is 7.02. The number of sulfonamides is 1. The van der Waals surface area contributed by atoms with Crippen LogP contribution in [0.2, 0.25) is 0 Å². The van der Waals surface area contributed by atoms with Crippen LogP contribution in [0.5, 0.6) is 0 Å². The molecule has 2 rings (SSSR count). The van der Waals surface area contributed by atoms with Crippen LogP contribution in [0, 0.1) is 10.1 Å². The largest absolute Gasteiger partial charge is 0.465 e. The Balaban J connectivity index is 2.39. The zero-order chi connectivity index (χ0) is 20.4. The zero-order valence-corrected chi connectivity index (χ0v) is 14.3. The van der Waals surface area contributed by atoms with Crippen molar-refractivity contribution in [2.75, 3.05) is 11.8 Å². The Hall–Kier alpha value is -3.15. The van der Waals surface area contributed by atoms with Gasteiger partial charge < -0.3 is 4.74 Å². The molecule has 2 aromatic carbocycles. The number of nitrogens with zero attached hydrogens (tertiary/aromatic N) is 1. The van der Waals surface area contributed by atoms with Crippen molar-refractivity contribution >= 4 is 27.4 Å². The summed E-state index contributed by atoms with van der Waals surface area (Å²) in [6.07, 6.45) is -5.11. The van der Waals surface area contributed by atoms with Gasteiger partial charge in [-0.05, 0) is 36.4 Å². The molecule has 0 bridgehead atoms. The lowest BCUT2D eigenvalue weighted by Gasteiger charge is -2.12. The van der Waals surface area contributed by atoms with E-state index in [1.54, 1.807) is 0 Å². The van der Waals surface area contributed by atoms with Gasteiger partial charge >= 0.3 is 12.1 Å². The van der Waals surface area contributed by atoms with Crippen molar-refractivity contribution in [1.82, 2.24) is 0 Å². The van der Waals surface area contributed by atoms with E-state index < -0.39 is 43.2 Å². The van der Waals surface area contributed by atoms with Crippen LogP contribution in [0.4, 0.5) is 24.5 Å². The first-order chi connectivity index (χ1) is 12.5. The second-order valence-corrected chi connectivity index (χ2v) is 6.79. The number of hydrogen-bond donors (Lipinski definition) is 1. The van der Waals surface area contributed by atoms with E-state index in [9.17, 15) is 36.5 Å². The highest BCUT2D eigenvalue weighted by molar-refractivity contribution is 7.92. The maximum Gasteiger partial charge on any atom is 0.423 e. The number of ether oxygens (including phenoxy) is 1. The molecule has 0 aliphatic heterocycles. The second kappa shape index (κ2) is 7.23. The summed E-state index contributed by atoms with van der Waals surface area (Å²) in [5.74, 6) is -0.658. The highest BCUT2D eigenvalue weighted by Crippen LogP contribution is 2.37. The summed E-state index contributed by atoms with van der Waals surface area (Å²) in [6, 6.07) is 6.26. The Bertz CT molecular complexity index is 988. The van der Waals surface area contributed by atoms with E-state index in [-0.39, 0.29) is 17.3 Å². The highest BCUT2D eigenvalue weighted by Gasteiger charge is 2.39. The Morgan fingerprint density at radius 1 is 1.15 bits per heavy atom. The van der Waals surface area contributed by atoms with E-state index in [0.29, 0.717) is 12.1 Å². The third kappa shape index (κ3) is 4.53. The number of hydrogen-bond acceptors (Lipinski definition) is 6. The van der Waals surface area contributed by atoms with E-state index in [2.05, 4.69) is 4.74 Å². The fraction of sp³-hybridized carbons (Fsp3) is 0.133. The molecule has 0 spiro atoms. The fourth-order valence-corrected chi connectivity index (χ4v) is 3.16. The third-order valence-corrected chi connectivity index (χ3v) is 4.72. The molecule has 0 fully saturated rings. The predicted octanol–water partition coefficient (Wildman–Crippen LogP) is 3.20. The molecule has 0 atom stereocenters. The summed E-state index contributed by atoms with van der Waals surface area (Å²) in [5, 5.41) is 10.7. The van der Waals surface area contributed by atoms with Crippen LogP contribution in [-0.4, -0.2) is 26.4 Å². The van der Waals surface area contributed by atoms with Gasteiger partial charge in [0.1, 0.15) is 5.56 Å². The Kier molecular flexibility index (Phi) is 5.40. The van der Waals surface area contributed by atoms with Gasteiger partial charge in [0.2, 0.25) is 0 Å². The molecule has 144 valence electrons. The molecule has 0 saturated carbocycles. The zero-order valence-electron chi connectivity index (χ0n) is 13.5. The van der Waals surface area contributed by atoms with Gasteiger partial charge in [-0.2, -0.15) is 13.2 Å². The lowest BCUT2D eigenvalue weighted by atomic mass is 10.2. The molecule has 27 heavy (non-hydrogen) atoms. The van der Waals surface area contributed by atoms with E-state index in [1.807, 2.05) is 4.72 Å². The summed E-state index contributed by atoms with van der Waals surface area (Å²) < 4.78 is 70.1. The average Bonchev–Trinajstić information content (AvgIpc) is 2.60. The lowest BCUT2D eigenvalue weighted by Crippen LogP contribution is -2.16. The van der Waals surface area contributed by atoms with Gasteiger partial charge in [-0.25, -0.2) is 13.2 Å². The number of rotatable bonds is 5. The molecule has 12 heteroatoms. The van der Waals surface area contributed by atoms with Crippen LogP contribution >= 0.6 is 0 Å². The van der Waals surface area contributed by atoms with Crippen molar-refractivity contribution in [2.45, 2.75) is 11.1 Å². The molecular formula is C15H11F3N2O6S. The number of benzene rings is 2. The van der Waals surface area contributed by atoms with Crippen LogP contribution in [0.25, 0.3) is 0 Å². The lowest BCUT2D eigenvalue weighted by molar-refractivity contribution is -0.388. The van der Waals surface area contributed by atoms with E-state index in [4.69, 9.17) is 0 Å². The average molecular weight is 404 g/mol. The standard InChI is InChI=1S/C15H11F3N2O6S/c1-26-14(21)9-2-4-10(5-3-9)19-27(24,25)11-6-7-13(20(22)23)12(8-11)15(16,17)18/h2-8,19H,1H3. The molecule has 8 nitrogen and oxygen atoms in total. The third-order valence-electron chi connectivity index (χ3n) is 3.34. The molecule has 0 unspecified atom stereocenters. The van der Waals surface area contributed by atoms with Gasteiger partial charge in [0.25, 0.3) is 15.7 Å². The Morgan fingerprint density at radius 3 is 2.22 bits per heavy atom. The minimum atomic E-state index is -5.11. The van der Waals surface area contributed by atoms with Crippen molar-refractivity contribution in [3.05, 3.63) is 63.7 Å². The smallest absolute Gasteiger partial charge is 0.423 e. The minimum Gasteiger partial charge on any atom is -0.465 e. The molecule has 1 N–H and O–H groups in total. The maximum atomic E-state index is 13.0. The molecule has 0 aromatic heterocycles. The number of methoxy groups -OCH3 is 1. The Labute approximate surface area is 150 Å². The predicted molar refractivity (Wildman–Crippen MR) is 86.7 cm³/mol. The van der Waals surface area contributed by atoms with Gasteiger partial charge in [-0.15, -0.1) is 0 Å². The number of nitrogens with one attached hydrogen (secondary N) is 1. The molecule has 0 saturated heterocycles. The number of esters is 1. The number of anilines is 1. The summed E-state index contributed by atoms with van der Waals surface area (Å²) in [7, 11) is -3.31. The van der Waals surface area contributed by atoms with Crippen molar-refractivity contribution < 1.29 is 36.0 Å². The van der Waals surface area contributed by atoms with Crippen LogP contribution in [-0.2, 0) is 20.9 Å². The van der Waals surface area contributed by atoms with Gasteiger partial charge in [0.05, 0.1) is 22.5 Å². The quantitative estimate of drug-likeness (QED) is 0.465. The maximum absolute atomic E-state index is 13.0. The summed E-state index contributed by atoms with van der Waals surface area (Å²) in [6.45, 7) is 0. The number of nitro groups is 1. The minimum absolute atomic E-state index is 0.0328. The molecule has 0 radical (unpaired) electrons. The van der Waals surface area contributed by atoms with Crippen molar-refractivity contribution in [3.63, 3.8) is 0 Å². The first-order valence-corrected chi connectivity index (χ1v) is 8.51. The van der Waals surface area contributed by atoms with Gasteiger partial charge in [0.15, 0.2) is 0 Å². The molecule has 0 aliphatic carbocycles. The molecular weight excluding hydrogens is 393 g/mol. The second-order valence-electron chi connectivity index (χ2n) is 5.11. The summed E-state index contributed by atoms with van der Waals surface area (Å²) in [4.78, 5) is 20.0. The number of halogens is 3. The monoisotopic (exact) mass is 404 g/mol. The van der Waals surface area contributed by atoms with E-state index in [1.165, 1.54) is 24.3 Å². The van der Waals surface area contributed by atoms with Gasteiger partial charge in [-0.1, -0.05) is 0 Å². The van der Waals surface area contributed by atoms with E-state index >= 15 is 0 Å². The topological polar surface area (TPSA) is 116 Å². The fourth-order valence-electron chi connectivity index (χ4n) is 2.07. The molecule has 2 aromatic rings. The normalized spacial score (nSPS) is 11.7. The molecule has 0 amide bonds. The van der Waals surface area contributed by atoms with Crippen LogP contribution in [0.3, 0.4) is 0 Å². The molecule has 0 aliphatic rings. The van der Waals surface area contributed by atoms with Crippen LogP contribution in [0.1, 0.15) is 15.9 Å². The van der Waals surface area contributed by atoms with Crippen molar-refractivity contribution in [3.8, 4) is 0 Å². The number of carbonyl (C=O) groups is 1. The number of carbonyl (C=O) groups excluding carboxylic acids is 1. The SMILES string of the molecule is COC(=O)c1ccc(NS(=O)(=O)c2ccc([N+](=O)[O-])c(C(F)(F)F)c2)cc1. The Morgan fingerprint density at radius 2 is 1.74 bits per heavy atom. The first kappa shape index (κ1) is 20.2. The van der Waals surface area contributed by atoms with Crippen molar-refractivity contribution in [2.24, 2.45) is 0 Å². The van der Waals surface area contributed by atoms with Crippen molar-refractivity contribution in [1.29, 1.82) is 0 Å². The van der Waals surface area contributed by atoms with Crippen LogP contribution < -0.4 is 4.72 Å². The molecule has 0 heterocycles. The van der Waals surface area contributed by atoms with E-state index in [0.717, 1.165) is 7.11 Å². The highest BCUT2D eigenvalue weighted by atomic mass is 32.2. The van der Waals surface area contributed by atoms with Crippen LogP contribution in [0.15, 0.2) is 47.4 Å². The van der Waals surface area contributed by atoms with Gasteiger partial charge in [-0.3, -0.25) is 14.8 Å². The van der Waals surface area contributed by atoms with Gasteiger partial charge in [0, 0.05) is 11.8 Å².